The number of rotatable bonds is 3. The van der Waals surface area contributed by atoms with Crippen LogP contribution < -0.4 is 0 Å². The maximum atomic E-state index is 5.94. The van der Waals surface area contributed by atoms with Crippen LogP contribution in [0.4, 0.5) is 0 Å². The molecule has 2 rings (SSSR count). The first kappa shape index (κ1) is 10.7. The van der Waals surface area contributed by atoms with Crippen LogP contribution in [0.2, 0.25) is 4.34 Å². The van der Waals surface area contributed by atoms with Gasteiger partial charge in [-0.3, -0.25) is 0 Å². The van der Waals surface area contributed by atoms with Crippen molar-refractivity contribution in [2.45, 2.75) is 43.1 Å². The first-order valence-corrected chi connectivity index (χ1v) is 7.14. The largest absolute Gasteiger partial charge is 0.152 e. The Kier molecular flexibility index (Phi) is 4.08. The van der Waals surface area contributed by atoms with Crippen LogP contribution in [0.3, 0.4) is 0 Å². The van der Waals surface area contributed by atoms with E-state index in [2.05, 4.69) is 9.59 Å². The molecule has 1 aromatic rings. The Morgan fingerprint density at radius 2 is 2.14 bits per heavy atom. The minimum absolute atomic E-state index is 0.758. The zero-order chi connectivity index (χ0) is 9.80. The van der Waals surface area contributed by atoms with E-state index < -0.39 is 0 Å². The summed E-state index contributed by atoms with van der Waals surface area (Å²) in [6.45, 7) is 0. The molecule has 0 amide bonds. The van der Waals surface area contributed by atoms with Crippen molar-refractivity contribution in [2.24, 2.45) is 0 Å². The molecule has 5 heteroatoms. The highest BCUT2D eigenvalue weighted by Crippen LogP contribution is 2.31. The second-order valence-electron chi connectivity index (χ2n) is 3.56. The normalized spacial score (nSPS) is 18.6. The predicted octanol–water partition coefficient (Wildman–Crippen LogP) is 3.76. The van der Waals surface area contributed by atoms with Crippen LogP contribution in [0.5, 0.6) is 0 Å². The maximum absolute atomic E-state index is 5.94. The third-order valence-electron chi connectivity index (χ3n) is 2.52. The molecule has 1 fully saturated rings. The fourth-order valence-corrected chi connectivity index (χ4v) is 3.77. The molecule has 1 saturated carbocycles. The molecular weight excluding hydrogens is 236 g/mol. The number of halogens is 1. The van der Waals surface area contributed by atoms with Gasteiger partial charge >= 0.3 is 0 Å². The van der Waals surface area contributed by atoms with Gasteiger partial charge in [-0.25, -0.2) is 0 Å². The van der Waals surface area contributed by atoms with E-state index in [1.54, 1.807) is 0 Å². The van der Waals surface area contributed by atoms with Crippen LogP contribution in [-0.4, -0.2) is 14.8 Å². The van der Waals surface area contributed by atoms with Crippen molar-refractivity contribution < 1.29 is 0 Å². The van der Waals surface area contributed by atoms with Gasteiger partial charge in [0.05, 0.1) is 0 Å². The molecule has 78 valence electrons. The lowest BCUT2D eigenvalue weighted by atomic mass is 10.0. The number of nitrogens with zero attached hydrogens (tertiary/aromatic N) is 2. The average Bonchev–Trinajstić information content (AvgIpc) is 2.63. The summed E-state index contributed by atoms with van der Waals surface area (Å²) in [6.07, 6.45) is 6.91. The van der Waals surface area contributed by atoms with Crippen molar-refractivity contribution in [3.05, 3.63) is 10.0 Å². The topological polar surface area (TPSA) is 25.8 Å². The molecule has 0 atom stereocenters. The molecule has 0 saturated heterocycles. The summed E-state index contributed by atoms with van der Waals surface area (Å²) >= 11 is 9.21. The Labute approximate surface area is 97.6 Å². The zero-order valence-electron chi connectivity index (χ0n) is 7.91. The molecule has 2 nitrogen and oxygen atoms in total. The number of aromatic nitrogens is 2. The molecule has 0 unspecified atom stereocenters. The van der Waals surface area contributed by atoms with Gasteiger partial charge in [0.25, 0.3) is 0 Å². The van der Waals surface area contributed by atoms with Crippen LogP contribution >= 0.6 is 34.9 Å². The lowest BCUT2D eigenvalue weighted by Crippen LogP contribution is -2.08. The van der Waals surface area contributed by atoms with E-state index >= 15 is 0 Å². The van der Waals surface area contributed by atoms with Crippen molar-refractivity contribution in [1.82, 2.24) is 9.59 Å². The molecular formula is C9H13ClN2S2. The van der Waals surface area contributed by atoms with Gasteiger partial charge in [-0.1, -0.05) is 35.4 Å². The SMILES string of the molecule is Clc1snnc1CSC1CCCCC1. The van der Waals surface area contributed by atoms with E-state index in [0.29, 0.717) is 0 Å². The quantitative estimate of drug-likeness (QED) is 0.815. The molecule has 1 aromatic heterocycles. The highest BCUT2D eigenvalue weighted by Gasteiger charge is 2.15. The minimum Gasteiger partial charge on any atom is -0.152 e. The van der Waals surface area contributed by atoms with Gasteiger partial charge in [0.15, 0.2) is 0 Å². The van der Waals surface area contributed by atoms with E-state index in [9.17, 15) is 0 Å². The van der Waals surface area contributed by atoms with Gasteiger partial charge < -0.3 is 0 Å². The number of hydrogen-bond donors (Lipinski definition) is 0. The summed E-state index contributed by atoms with van der Waals surface area (Å²) in [4.78, 5) is 0. The first-order valence-electron chi connectivity index (χ1n) is 4.94. The summed E-state index contributed by atoms with van der Waals surface area (Å²) in [7, 11) is 0. The van der Waals surface area contributed by atoms with E-state index in [-0.39, 0.29) is 0 Å². The van der Waals surface area contributed by atoms with Crippen LogP contribution in [0.15, 0.2) is 0 Å². The van der Waals surface area contributed by atoms with Crippen LogP contribution in [0.1, 0.15) is 37.8 Å². The summed E-state index contributed by atoms with van der Waals surface area (Å²) in [5, 5.41) is 4.84. The third-order valence-corrected chi connectivity index (χ3v) is 4.88. The van der Waals surface area contributed by atoms with E-state index in [1.165, 1.54) is 43.6 Å². The van der Waals surface area contributed by atoms with E-state index in [1.807, 2.05) is 11.8 Å². The maximum Gasteiger partial charge on any atom is 0.138 e. The van der Waals surface area contributed by atoms with Crippen LogP contribution in [-0.2, 0) is 5.75 Å². The second-order valence-corrected chi connectivity index (χ2v) is 6.21. The standard InChI is InChI=1S/C9H13ClN2S2/c10-9-8(11-12-14-9)6-13-7-4-2-1-3-5-7/h7H,1-6H2. The van der Waals surface area contributed by atoms with Crippen molar-refractivity contribution in [2.75, 3.05) is 0 Å². The Morgan fingerprint density at radius 1 is 1.36 bits per heavy atom. The third kappa shape index (κ3) is 2.84. The Balaban J connectivity index is 1.79. The summed E-state index contributed by atoms with van der Waals surface area (Å²) in [6, 6.07) is 0. The zero-order valence-corrected chi connectivity index (χ0v) is 10.3. The van der Waals surface area contributed by atoms with Crippen LogP contribution in [0, 0.1) is 0 Å². The molecule has 14 heavy (non-hydrogen) atoms. The minimum atomic E-state index is 0.758. The van der Waals surface area contributed by atoms with Gasteiger partial charge in [-0.05, 0) is 12.8 Å². The molecule has 0 spiro atoms. The van der Waals surface area contributed by atoms with E-state index in [0.717, 1.165) is 21.0 Å². The van der Waals surface area contributed by atoms with Gasteiger partial charge in [0, 0.05) is 22.5 Å². The number of thioether (sulfide) groups is 1. The fraction of sp³-hybridized carbons (Fsp3) is 0.778. The smallest absolute Gasteiger partial charge is 0.138 e. The van der Waals surface area contributed by atoms with Gasteiger partial charge in [-0.2, -0.15) is 11.8 Å². The highest BCUT2D eigenvalue weighted by atomic mass is 35.5. The molecule has 0 aliphatic heterocycles. The summed E-state index contributed by atoms with van der Waals surface area (Å²) in [5.41, 5.74) is 0.965. The first-order chi connectivity index (χ1) is 6.86. The molecule has 0 bridgehead atoms. The molecule has 1 aliphatic carbocycles. The van der Waals surface area contributed by atoms with Crippen molar-refractivity contribution in [1.29, 1.82) is 0 Å². The van der Waals surface area contributed by atoms with Crippen molar-refractivity contribution in [3.63, 3.8) is 0 Å². The average molecular weight is 249 g/mol. The molecule has 1 heterocycles. The van der Waals surface area contributed by atoms with Crippen LogP contribution in [0.25, 0.3) is 0 Å². The van der Waals surface area contributed by atoms with Gasteiger partial charge in [0.2, 0.25) is 0 Å². The number of hydrogen-bond acceptors (Lipinski definition) is 4. The summed E-state index contributed by atoms with van der Waals surface area (Å²) in [5.74, 6) is 0.931. The monoisotopic (exact) mass is 248 g/mol. The Morgan fingerprint density at radius 3 is 2.79 bits per heavy atom. The molecule has 0 aromatic carbocycles. The highest BCUT2D eigenvalue weighted by molar-refractivity contribution is 7.99. The van der Waals surface area contributed by atoms with E-state index in [4.69, 9.17) is 11.6 Å². The fourth-order valence-electron chi connectivity index (χ4n) is 1.71. The predicted molar refractivity (Wildman–Crippen MR) is 63.1 cm³/mol. The second kappa shape index (κ2) is 5.33. The Bertz CT molecular complexity index is 284. The van der Waals surface area contributed by atoms with Gasteiger partial charge in [-0.15, -0.1) is 5.10 Å². The lowest BCUT2D eigenvalue weighted by Gasteiger charge is -2.20. The molecule has 0 radical (unpaired) electrons. The lowest BCUT2D eigenvalue weighted by molar-refractivity contribution is 0.516. The summed E-state index contributed by atoms with van der Waals surface area (Å²) < 4.78 is 4.59. The molecule has 1 aliphatic rings. The Hall–Kier alpha value is 0.200. The van der Waals surface area contributed by atoms with Crippen molar-refractivity contribution in [3.8, 4) is 0 Å². The van der Waals surface area contributed by atoms with Crippen molar-refractivity contribution >= 4 is 34.9 Å². The van der Waals surface area contributed by atoms with Gasteiger partial charge in [0.1, 0.15) is 10.0 Å². The molecule has 0 N–H and O–H groups in total.